The molecule has 2 aliphatic heterocycles. The first kappa shape index (κ1) is 31.5. The zero-order chi connectivity index (χ0) is 27.5. The molecule has 18 nitrogen and oxygen atoms in total. The summed E-state index contributed by atoms with van der Waals surface area (Å²) in [6, 6.07) is -2.72. The Hall–Kier alpha value is -0.690. The van der Waals surface area contributed by atoms with Crippen LogP contribution in [-0.2, 0) is 29.3 Å². The van der Waals surface area contributed by atoms with Gasteiger partial charge in [-0.3, -0.25) is 9.11 Å². The number of aliphatic hydroxyl groups is 6. The van der Waals surface area contributed by atoms with E-state index in [1.165, 1.54) is 0 Å². The molecule has 214 valence electrons. The molecule has 2 saturated heterocycles. The highest BCUT2D eigenvalue weighted by molar-refractivity contribution is 7.79. The van der Waals surface area contributed by atoms with Crippen LogP contribution in [-0.4, -0.2) is 147 Å². The SMILES string of the molecule is NC[C@H]1O[C@H](O[C@H]2C(O[C@@H]3O[C@H](CO)[C@@H](O)[C@H]3O)[C@@H](O)[C@H](N)C[C@@H]2N)[C@H](N)[C@@H](O)[C@@H]1O.O=S(=O)(O)O. The smallest absolute Gasteiger partial charge is 0.394 e. The van der Waals surface area contributed by atoms with Gasteiger partial charge in [0.05, 0.1) is 18.8 Å². The van der Waals surface area contributed by atoms with Gasteiger partial charge in [0.25, 0.3) is 0 Å². The van der Waals surface area contributed by atoms with Crippen LogP contribution in [0.2, 0.25) is 0 Å². The van der Waals surface area contributed by atoms with Crippen LogP contribution in [0.1, 0.15) is 6.42 Å². The zero-order valence-corrected chi connectivity index (χ0v) is 19.8. The zero-order valence-electron chi connectivity index (χ0n) is 18.9. The Bertz CT molecular complexity index is 787. The average Bonchev–Trinajstić information content (AvgIpc) is 3.06. The summed E-state index contributed by atoms with van der Waals surface area (Å²) in [5.74, 6) is 0. The maximum Gasteiger partial charge on any atom is 0.394 e. The Kier molecular flexibility index (Phi) is 11.3. The van der Waals surface area contributed by atoms with E-state index in [2.05, 4.69) is 0 Å². The highest BCUT2D eigenvalue weighted by Gasteiger charge is 2.52. The van der Waals surface area contributed by atoms with Gasteiger partial charge >= 0.3 is 10.4 Å². The summed E-state index contributed by atoms with van der Waals surface area (Å²) in [4.78, 5) is 0. The Morgan fingerprint density at radius 2 is 1.25 bits per heavy atom. The molecular formula is C17H36N4O14S. The van der Waals surface area contributed by atoms with Crippen molar-refractivity contribution >= 4 is 10.4 Å². The standard InChI is InChI=1S/C17H34N4O10.H2O4S/c18-2-6-10(24)12(26)8(21)16(28-6)30-14-5(20)1-4(19)9(23)15(14)31-17-13(27)11(25)7(3-22)29-17;1-5(2,3)4/h4-17,22-27H,1-3,18-21H2;(H2,1,2,3,4)/t4-,5+,6-,7-,8-,9+,10-,11-,12-,13-,14-,15?,16-,17+;/m1./s1. The highest BCUT2D eigenvalue weighted by atomic mass is 32.3. The van der Waals surface area contributed by atoms with E-state index in [0.29, 0.717) is 0 Å². The molecule has 14 atom stereocenters. The van der Waals surface area contributed by atoms with Crippen LogP contribution in [0.15, 0.2) is 0 Å². The molecule has 0 bridgehead atoms. The average molecular weight is 553 g/mol. The molecule has 0 radical (unpaired) electrons. The van der Waals surface area contributed by atoms with Gasteiger partial charge in [0.2, 0.25) is 0 Å². The summed E-state index contributed by atoms with van der Waals surface area (Å²) in [6.45, 7) is -0.673. The molecule has 3 fully saturated rings. The van der Waals surface area contributed by atoms with E-state index in [4.69, 9.17) is 59.4 Å². The number of ether oxygens (including phenoxy) is 4. The number of hydrogen-bond donors (Lipinski definition) is 12. The predicted molar refractivity (Wildman–Crippen MR) is 116 cm³/mol. The summed E-state index contributed by atoms with van der Waals surface area (Å²) in [7, 11) is -4.67. The van der Waals surface area contributed by atoms with Crippen molar-refractivity contribution < 1.29 is 67.1 Å². The van der Waals surface area contributed by atoms with Gasteiger partial charge in [0, 0.05) is 18.6 Å². The number of nitrogens with two attached hydrogens (primary N) is 4. The largest absolute Gasteiger partial charge is 0.394 e. The minimum absolute atomic E-state index is 0.114. The van der Waals surface area contributed by atoms with Crippen LogP contribution in [0.5, 0.6) is 0 Å². The second kappa shape index (κ2) is 12.9. The fourth-order valence-corrected chi connectivity index (χ4v) is 4.16. The molecule has 0 aromatic rings. The van der Waals surface area contributed by atoms with Crippen molar-refractivity contribution in [2.24, 2.45) is 22.9 Å². The maximum absolute atomic E-state index is 10.6. The molecule has 1 aliphatic carbocycles. The first-order valence-corrected chi connectivity index (χ1v) is 12.3. The topological polar surface area (TPSA) is 337 Å². The van der Waals surface area contributed by atoms with Gasteiger partial charge < -0.3 is 72.5 Å². The molecule has 1 unspecified atom stereocenters. The molecule has 2 heterocycles. The minimum Gasteiger partial charge on any atom is -0.394 e. The lowest BCUT2D eigenvalue weighted by atomic mass is 9.84. The third kappa shape index (κ3) is 7.68. The van der Waals surface area contributed by atoms with E-state index in [-0.39, 0.29) is 13.0 Å². The number of rotatable bonds is 6. The first-order chi connectivity index (χ1) is 16.6. The second-order valence-corrected chi connectivity index (χ2v) is 9.64. The van der Waals surface area contributed by atoms with Crippen LogP contribution in [0.25, 0.3) is 0 Å². The van der Waals surface area contributed by atoms with Crippen molar-refractivity contribution in [2.75, 3.05) is 13.2 Å². The Balaban J connectivity index is 0.000000830. The lowest BCUT2D eigenvalue weighted by molar-refractivity contribution is -0.306. The van der Waals surface area contributed by atoms with Crippen LogP contribution >= 0.6 is 0 Å². The molecule has 19 heteroatoms. The molecule has 36 heavy (non-hydrogen) atoms. The number of hydrogen-bond acceptors (Lipinski definition) is 16. The summed E-state index contributed by atoms with van der Waals surface area (Å²) in [5, 5.41) is 60.2. The van der Waals surface area contributed by atoms with Gasteiger partial charge in [-0.15, -0.1) is 0 Å². The Morgan fingerprint density at radius 1 is 0.750 bits per heavy atom. The summed E-state index contributed by atoms with van der Waals surface area (Å²) < 4.78 is 54.0. The third-order valence-electron chi connectivity index (χ3n) is 6.13. The van der Waals surface area contributed by atoms with Crippen molar-refractivity contribution in [3.8, 4) is 0 Å². The molecule has 0 aromatic heterocycles. The molecule has 0 aromatic carbocycles. The molecule has 1 saturated carbocycles. The molecule has 3 aliphatic rings. The van der Waals surface area contributed by atoms with E-state index >= 15 is 0 Å². The van der Waals surface area contributed by atoms with Gasteiger partial charge in [-0.2, -0.15) is 8.42 Å². The third-order valence-corrected chi connectivity index (χ3v) is 6.13. The molecule has 16 N–H and O–H groups in total. The lowest BCUT2D eigenvalue weighted by Gasteiger charge is -2.47. The van der Waals surface area contributed by atoms with E-state index in [0.717, 1.165) is 0 Å². The molecule has 3 rings (SSSR count). The molecular weight excluding hydrogens is 516 g/mol. The van der Waals surface area contributed by atoms with E-state index in [1.54, 1.807) is 0 Å². The van der Waals surface area contributed by atoms with Gasteiger partial charge in [0.15, 0.2) is 12.6 Å². The van der Waals surface area contributed by atoms with Crippen molar-refractivity contribution in [1.29, 1.82) is 0 Å². The van der Waals surface area contributed by atoms with Crippen molar-refractivity contribution in [3.63, 3.8) is 0 Å². The van der Waals surface area contributed by atoms with Gasteiger partial charge in [0.1, 0.15) is 48.8 Å². The van der Waals surface area contributed by atoms with E-state index in [1.807, 2.05) is 0 Å². The quantitative estimate of drug-likeness (QED) is 0.136. The van der Waals surface area contributed by atoms with Crippen molar-refractivity contribution in [3.05, 3.63) is 0 Å². The lowest BCUT2D eigenvalue weighted by Crippen LogP contribution is -2.68. The monoisotopic (exact) mass is 552 g/mol. The van der Waals surface area contributed by atoms with Crippen LogP contribution < -0.4 is 22.9 Å². The first-order valence-electron chi connectivity index (χ1n) is 10.9. The Morgan fingerprint density at radius 3 is 1.75 bits per heavy atom. The summed E-state index contributed by atoms with van der Waals surface area (Å²) >= 11 is 0. The van der Waals surface area contributed by atoms with E-state index < -0.39 is 103 Å². The minimum atomic E-state index is -4.67. The van der Waals surface area contributed by atoms with E-state index in [9.17, 15) is 30.6 Å². The van der Waals surface area contributed by atoms with Crippen LogP contribution in [0, 0.1) is 0 Å². The highest BCUT2D eigenvalue weighted by Crippen LogP contribution is 2.31. The van der Waals surface area contributed by atoms with Crippen LogP contribution in [0.4, 0.5) is 0 Å². The van der Waals surface area contributed by atoms with Crippen molar-refractivity contribution in [2.45, 2.75) is 92.1 Å². The summed E-state index contributed by atoms with van der Waals surface area (Å²) in [5.41, 5.74) is 23.6. The fraction of sp³-hybridized carbons (Fsp3) is 1.00. The molecule has 0 spiro atoms. The Labute approximate surface area is 206 Å². The summed E-state index contributed by atoms with van der Waals surface area (Å²) in [6.07, 6.45) is -13.8. The fourth-order valence-electron chi connectivity index (χ4n) is 4.16. The predicted octanol–water partition coefficient (Wildman–Crippen LogP) is -7.31. The normalized spacial score (nSPS) is 47.8. The van der Waals surface area contributed by atoms with Gasteiger partial charge in [-0.25, -0.2) is 0 Å². The van der Waals surface area contributed by atoms with Crippen molar-refractivity contribution in [1.82, 2.24) is 0 Å². The second-order valence-electron chi connectivity index (χ2n) is 8.75. The molecule has 0 amide bonds. The maximum atomic E-state index is 10.6. The number of aliphatic hydroxyl groups excluding tert-OH is 6. The van der Waals surface area contributed by atoms with Crippen LogP contribution in [0.3, 0.4) is 0 Å². The van der Waals surface area contributed by atoms with Gasteiger partial charge in [-0.1, -0.05) is 0 Å². The van der Waals surface area contributed by atoms with Gasteiger partial charge in [-0.05, 0) is 6.42 Å².